The predicted molar refractivity (Wildman–Crippen MR) is 84.9 cm³/mol. The minimum Gasteiger partial charge on any atom is -0.378 e. The molecule has 0 bridgehead atoms. The maximum Gasteiger partial charge on any atom is 0.165 e. The average Bonchev–Trinajstić information content (AvgIpc) is 2.83. The third-order valence-corrected chi connectivity index (χ3v) is 4.00. The van der Waals surface area contributed by atoms with Crippen molar-refractivity contribution in [2.45, 2.75) is 12.0 Å². The summed E-state index contributed by atoms with van der Waals surface area (Å²) in [5.41, 5.74) is 2.07. The number of ketones is 1. The molecule has 0 spiro atoms. The van der Waals surface area contributed by atoms with Crippen molar-refractivity contribution in [3.8, 4) is 0 Å². The van der Waals surface area contributed by atoms with Gasteiger partial charge in [-0.05, 0) is 35.9 Å². The Morgan fingerprint density at radius 2 is 1.65 bits per heavy atom. The highest BCUT2D eigenvalue weighted by atomic mass is 79.9. The fraction of sp³-hybridized carbons (Fsp3) is 0.118. The van der Waals surface area contributed by atoms with Crippen molar-refractivity contribution >= 4 is 27.4 Å². The van der Waals surface area contributed by atoms with Gasteiger partial charge in [-0.3, -0.25) is 4.79 Å². The first-order valence-corrected chi connectivity index (χ1v) is 7.32. The highest BCUT2D eigenvalue weighted by Crippen LogP contribution is 2.29. The minimum absolute atomic E-state index is 0.00563. The average molecular weight is 328 g/mol. The van der Waals surface area contributed by atoms with E-state index in [2.05, 4.69) is 21.2 Å². The molecule has 2 aromatic carbocycles. The second kappa shape index (κ2) is 5.63. The lowest BCUT2D eigenvalue weighted by atomic mass is 9.92. The molecule has 2 aromatic rings. The molecule has 0 radical (unpaired) electrons. The van der Waals surface area contributed by atoms with Crippen LogP contribution in [-0.2, 0) is 4.79 Å². The molecule has 3 heteroatoms. The van der Waals surface area contributed by atoms with Gasteiger partial charge in [-0.25, -0.2) is 0 Å². The second-order valence-corrected chi connectivity index (χ2v) is 5.74. The molecule has 3 rings (SSSR count). The van der Waals surface area contributed by atoms with Crippen molar-refractivity contribution in [3.05, 3.63) is 76.8 Å². The van der Waals surface area contributed by atoms with E-state index in [1.165, 1.54) is 0 Å². The normalized spacial score (nSPS) is 21.1. The predicted octanol–water partition coefficient (Wildman–Crippen LogP) is 4.15. The number of halogens is 1. The summed E-state index contributed by atoms with van der Waals surface area (Å²) >= 11 is 3.42. The zero-order chi connectivity index (χ0) is 13.9. The Bertz CT molecular complexity index is 634. The highest BCUT2D eigenvalue weighted by Gasteiger charge is 2.31. The molecule has 1 N–H and O–H groups in total. The zero-order valence-electron chi connectivity index (χ0n) is 10.8. The molecule has 0 saturated heterocycles. The summed E-state index contributed by atoms with van der Waals surface area (Å²) in [6.45, 7) is 0. The number of rotatable bonds is 3. The van der Waals surface area contributed by atoms with Crippen molar-refractivity contribution in [3.63, 3.8) is 0 Å². The first-order valence-electron chi connectivity index (χ1n) is 6.53. The Morgan fingerprint density at radius 1 is 0.950 bits per heavy atom. The molecular formula is C17H14BrNO. The Labute approximate surface area is 126 Å². The van der Waals surface area contributed by atoms with Gasteiger partial charge in [0.2, 0.25) is 0 Å². The summed E-state index contributed by atoms with van der Waals surface area (Å²) in [5.74, 6) is 0.0191. The smallest absolute Gasteiger partial charge is 0.165 e. The molecule has 20 heavy (non-hydrogen) atoms. The van der Waals surface area contributed by atoms with Gasteiger partial charge >= 0.3 is 0 Å². The third kappa shape index (κ3) is 2.68. The lowest BCUT2D eigenvalue weighted by Crippen LogP contribution is -2.25. The number of hydrogen-bond acceptors (Lipinski definition) is 2. The molecule has 0 unspecified atom stereocenters. The Hall–Kier alpha value is -1.87. The van der Waals surface area contributed by atoms with Crippen LogP contribution in [-0.4, -0.2) is 11.8 Å². The van der Waals surface area contributed by atoms with Crippen LogP contribution in [0.25, 0.3) is 0 Å². The van der Waals surface area contributed by atoms with Gasteiger partial charge in [0.1, 0.15) is 0 Å². The third-order valence-electron chi connectivity index (χ3n) is 3.47. The fourth-order valence-corrected chi connectivity index (χ4v) is 2.76. The summed E-state index contributed by atoms with van der Waals surface area (Å²) in [6, 6.07) is 17.9. The maximum atomic E-state index is 12.1. The van der Waals surface area contributed by atoms with Crippen LogP contribution in [0, 0.1) is 0 Å². The maximum absolute atomic E-state index is 12.1. The van der Waals surface area contributed by atoms with Gasteiger partial charge in [-0.2, -0.15) is 0 Å². The van der Waals surface area contributed by atoms with Gasteiger partial charge < -0.3 is 5.32 Å². The fourth-order valence-electron chi connectivity index (χ4n) is 2.49. The Kier molecular flexibility index (Phi) is 3.70. The molecule has 0 heterocycles. The van der Waals surface area contributed by atoms with Crippen molar-refractivity contribution < 1.29 is 4.79 Å². The van der Waals surface area contributed by atoms with Crippen molar-refractivity contribution in [2.24, 2.45) is 0 Å². The van der Waals surface area contributed by atoms with Gasteiger partial charge in [0.25, 0.3) is 0 Å². The SMILES string of the molecule is O=C1C=C[C@H](Nc2ccc(Br)cc2)[C@H]1c1ccccc1. The van der Waals surface area contributed by atoms with E-state index in [-0.39, 0.29) is 17.7 Å². The van der Waals surface area contributed by atoms with Gasteiger partial charge in [0, 0.05) is 10.2 Å². The monoisotopic (exact) mass is 327 g/mol. The Balaban J connectivity index is 1.83. The molecule has 1 aliphatic rings. The quantitative estimate of drug-likeness (QED) is 0.917. The van der Waals surface area contributed by atoms with Crippen molar-refractivity contribution in [2.75, 3.05) is 5.32 Å². The van der Waals surface area contributed by atoms with E-state index in [4.69, 9.17) is 0 Å². The number of nitrogens with one attached hydrogen (secondary N) is 1. The zero-order valence-corrected chi connectivity index (χ0v) is 12.4. The highest BCUT2D eigenvalue weighted by molar-refractivity contribution is 9.10. The molecule has 1 aliphatic carbocycles. The summed E-state index contributed by atoms with van der Waals surface area (Å²) in [6.07, 6.45) is 3.62. The van der Waals surface area contributed by atoms with E-state index in [0.717, 1.165) is 15.7 Å². The largest absolute Gasteiger partial charge is 0.378 e. The van der Waals surface area contributed by atoms with Crippen LogP contribution in [0.3, 0.4) is 0 Å². The Morgan fingerprint density at radius 3 is 2.35 bits per heavy atom. The van der Waals surface area contributed by atoms with Crippen molar-refractivity contribution in [1.29, 1.82) is 0 Å². The van der Waals surface area contributed by atoms with Gasteiger partial charge in [-0.15, -0.1) is 0 Å². The number of benzene rings is 2. The van der Waals surface area contributed by atoms with E-state index in [9.17, 15) is 4.79 Å². The van der Waals surface area contributed by atoms with E-state index in [0.29, 0.717) is 0 Å². The molecule has 100 valence electrons. The summed E-state index contributed by atoms with van der Waals surface area (Å²) in [5, 5.41) is 3.42. The van der Waals surface area contributed by atoms with Gasteiger partial charge in [-0.1, -0.05) is 52.3 Å². The first kappa shape index (κ1) is 13.1. The molecule has 2 atom stereocenters. The molecule has 0 aliphatic heterocycles. The summed E-state index contributed by atoms with van der Waals surface area (Å²) < 4.78 is 1.04. The molecule has 0 saturated carbocycles. The second-order valence-electron chi connectivity index (χ2n) is 4.83. The number of hydrogen-bond donors (Lipinski definition) is 1. The van der Waals surface area contributed by atoms with Gasteiger partial charge in [0.15, 0.2) is 5.78 Å². The summed E-state index contributed by atoms with van der Waals surface area (Å²) in [4.78, 5) is 12.1. The summed E-state index contributed by atoms with van der Waals surface area (Å²) in [7, 11) is 0. The molecule has 2 nitrogen and oxygen atoms in total. The number of anilines is 1. The van der Waals surface area contributed by atoms with E-state index in [1.807, 2.05) is 60.7 Å². The van der Waals surface area contributed by atoms with E-state index >= 15 is 0 Å². The van der Waals surface area contributed by atoms with Gasteiger partial charge in [0.05, 0.1) is 12.0 Å². The minimum atomic E-state index is -0.139. The van der Waals surface area contributed by atoms with Crippen LogP contribution in [0.2, 0.25) is 0 Å². The molecule has 0 fully saturated rings. The first-order chi connectivity index (χ1) is 9.74. The topological polar surface area (TPSA) is 29.1 Å². The van der Waals surface area contributed by atoms with Crippen LogP contribution in [0.4, 0.5) is 5.69 Å². The van der Waals surface area contributed by atoms with Crippen LogP contribution >= 0.6 is 15.9 Å². The number of carbonyl (C=O) groups excluding carboxylic acids is 1. The van der Waals surface area contributed by atoms with E-state index < -0.39 is 0 Å². The lowest BCUT2D eigenvalue weighted by molar-refractivity contribution is -0.115. The van der Waals surface area contributed by atoms with Crippen LogP contribution in [0.1, 0.15) is 11.5 Å². The van der Waals surface area contributed by atoms with Crippen LogP contribution in [0.15, 0.2) is 71.2 Å². The lowest BCUT2D eigenvalue weighted by Gasteiger charge is -2.21. The number of allylic oxidation sites excluding steroid dienone is 1. The number of carbonyl (C=O) groups is 1. The van der Waals surface area contributed by atoms with Crippen LogP contribution < -0.4 is 5.32 Å². The van der Waals surface area contributed by atoms with Crippen LogP contribution in [0.5, 0.6) is 0 Å². The molecule has 0 aromatic heterocycles. The molecule has 0 amide bonds. The van der Waals surface area contributed by atoms with E-state index in [1.54, 1.807) is 6.08 Å². The van der Waals surface area contributed by atoms with Crippen molar-refractivity contribution in [1.82, 2.24) is 0 Å². The standard InChI is InChI=1S/C17H14BrNO/c18-13-6-8-14(9-7-13)19-15-10-11-16(20)17(15)12-4-2-1-3-5-12/h1-11,15,17,19H/t15-,17+/m0/s1. The molecular weight excluding hydrogens is 314 g/mol.